The normalized spacial score (nSPS) is 22.7. The zero-order chi connectivity index (χ0) is 14.6. The Morgan fingerprint density at radius 1 is 1.47 bits per heavy atom. The molecule has 1 aliphatic heterocycles. The predicted octanol–water partition coefficient (Wildman–Crippen LogP) is 0.463. The molecule has 1 heterocycles. The second-order valence-electron chi connectivity index (χ2n) is 5.39. The SMILES string of the molecule is C#C[C@H]1CN(C(=O)OC)CCN1C(O)OC(C)(C)C. The van der Waals surface area contributed by atoms with Crippen molar-refractivity contribution < 1.29 is 19.4 Å². The van der Waals surface area contributed by atoms with Crippen molar-refractivity contribution in [2.75, 3.05) is 26.7 Å². The van der Waals surface area contributed by atoms with Crippen LogP contribution in [0.15, 0.2) is 0 Å². The number of amides is 1. The minimum Gasteiger partial charge on any atom is -0.453 e. The van der Waals surface area contributed by atoms with Crippen LogP contribution in [0, 0.1) is 12.3 Å². The van der Waals surface area contributed by atoms with Crippen LogP contribution in [-0.2, 0) is 9.47 Å². The van der Waals surface area contributed by atoms with Crippen LogP contribution < -0.4 is 0 Å². The topological polar surface area (TPSA) is 62.2 Å². The average molecular weight is 270 g/mol. The van der Waals surface area contributed by atoms with Gasteiger partial charge in [-0.25, -0.2) is 9.69 Å². The number of terminal acetylenes is 1. The number of methoxy groups -OCH3 is 1. The van der Waals surface area contributed by atoms with Crippen molar-refractivity contribution in [3.05, 3.63) is 0 Å². The summed E-state index contributed by atoms with van der Waals surface area (Å²) in [6.07, 6.45) is 3.97. The zero-order valence-corrected chi connectivity index (χ0v) is 11.9. The molecule has 1 unspecified atom stereocenters. The second kappa shape index (κ2) is 6.24. The number of carbonyl (C=O) groups is 1. The highest BCUT2D eigenvalue weighted by molar-refractivity contribution is 5.67. The maximum Gasteiger partial charge on any atom is 0.409 e. The molecule has 1 saturated heterocycles. The van der Waals surface area contributed by atoms with Crippen LogP contribution >= 0.6 is 0 Å². The van der Waals surface area contributed by atoms with Crippen molar-refractivity contribution in [1.82, 2.24) is 9.80 Å². The first-order valence-corrected chi connectivity index (χ1v) is 6.19. The van der Waals surface area contributed by atoms with E-state index in [1.165, 1.54) is 12.0 Å². The van der Waals surface area contributed by atoms with Crippen LogP contribution in [0.4, 0.5) is 4.79 Å². The summed E-state index contributed by atoms with van der Waals surface area (Å²) in [5.41, 5.74) is -0.474. The Kier molecular flexibility index (Phi) is 5.18. The molecule has 6 nitrogen and oxygen atoms in total. The molecule has 1 N–H and O–H groups in total. The summed E-state index contributed by atoms with van der Waals surface area (Å²) in [6.45, 7) is 6.74. The van der Waals surface area contributed by atoms with Gasteiger partial charge in [0.15, 0.2) is 0 Å². The summed E-state index contributed by atoms with van der Waals surface area (Å²) >= 11 is 0. The maximum atomic E-state index is 11.5. The summed E-state index contributed by atoms with van der Waals surface area (Å²) in [6, 6.07) is -0.398. The van der Waals surface area contributed by atoms with Crippen LogP contribution in [-0.4, -0.2) is 65.8 Å². The van der Waals surface area contributed by atoms with E-state index in [4.69, 9.17) is 11.2 Å². The van der Waals surface area contributed by atoms with Gasteiger partial charge >= 0.3 is 6.09 Å². The molecule has 0 saturated carbocycles. The predicted molar refractivity (Wildman–Crippen MR) is 70.1 cm³/mol. The van der Waals surface area contributed by atoms with E-state index in [1.807, 2.05) is 20.8 Å². The van der Waals surface area contributed by atoms with Gasteiger partial charge in [-0.05, 0) is 20.8 Å². The lowest BCUT2D eigenvalue weighted by atomic mass is 10.2. The largest absolute Gasteiger partial charge is 0.453 e. The fourth-order valence-electron chi connectivity index (χ4n) is 1.89. The van der Waals surface area contributed by atoms with Crippen LogP contribution in [0.25, 0.3) is 0 Å². The number of hydrogen-bond donors (Lipinski definition) is 1. The molecule has 0 aliphatic carbocycles. The van der Waals surface area contributed by atoms with Gasteiger partial charge in [0.1, 0.15) is 0 Å². The molecule has 1 fully saturated rings. The van der Waals surface area contributed by atoms with E-state index in [0.29, 0.717) is 19.6 Å². The fourth-order valence-corrected chi connectivity index (χ4v) is 1.89. The van der Waals surface area contributed by atoms with Crippen molar-refractivity contribution in [3.8, 4) is 12.3 Å². The Balaban J connectivity index is 2.67. The second-order valence-corrected chi connectivity index (χ2v) is 5.39. The lowest BCUT2D eigenvalue weighted by Crippen LogP contribution is -2.58. The highest BCUT2D eigenvalue weighted by atomic mass is 16.6. The van der Waals surface area contributed by atoms with Gasteiger partial charge in [0.05, 0.1) is 25.3 Å². The standard InChI is InChI=1S/C13H22N2O4/c1-6-10-9-14(11(16)18-5)7-8-15(10)12(17)19-13(2,3)4/h1,10,12,17H,7-9H2,2-5H3/t10-,12?/m0/s1. The Hall–Kier alpha value is -1.29. The third-order valence-electron chi connectivity index (χ3n) is 2.79. The van der Waals surface area contributed by atoms with Gasteiger partial charge in [0, 0.05) is 13.1 Å². The number of rotatable bonds is 2. The molecule has 0 aromatic carbocycles. The molecule has 0 bridgehead atoms. The lowest BCUT2D eigenvalue weighted by molar-refractivity contribution is -0.249. The van der Waals surface area contributed by atoms with Crippen LogP contribution in [0.1, 0.15) is 20.8 Å². The Morgan fingerprint density at radius 2 is 2.11 bits per heavy atom. The molecular formula is C13H22N2O4. The minimum absolute atomic E-state index is 0.313. The molecule has 1 aliphatic rings. The summed E-state index contributed by atoms with van der Waals surface area (Å²) in [4.78, 5) is 14.6. The van der Waals surface area contributed by atoms with E-state index in [9.17, 15) is 9.90 Å². The number of hydrogen-bond acceptors (Lipinski definition) is 5. The van der Waals surface area contributed by atoms with Crippen molar-refractivity contribution in [2.45, 2.75) is 38.8 Å². The average Bonchev–Trinajstić information content (AvgIpc) is 2.34. The van der Waals surface area contributed by atoms with E-state index in [1.54, 1.807) is 4.90 Å². The van der Waals surface area contributed by atoms with Gasteiger partial charge < -0.3 is 19.5 Å². The van der Waals surface area contributed by atoms with Crippen molar-refractivity contribution in [2.24, 2.45) is 0 Å². The van der Waals surface area contributed by atoms with E-state index in [-0.39, 0.29) is 0 Å². The summed E-state index contributed by atoms with van der Waals surface area (Å²) in [5.74, 6) is 2.57. The van der Waals surface area contributed by atoms with Crippen molar-refractivity contribution >= 4 is 6.09 Å². The van der Waals surface area contributed by atoms with Crippen molar-refractivity contribution in [3.63, 3.8) is 0 Å². The molecule has 1 rings (SSSR count). The first kappa shape index (κ1) is 15.8. The molecule has 0 aromatic rings. The van der Waals surface area contributed by atoms with Gasteiger partial charge in [-0.15, -0.1) is 6.42 Å². The summed E-state index contributed by atoms with van der Waals surface area (Å²) in [7, 11) is 1.33. The molecular weight excluding hydrogens is 248 g/mol. The first-order valence-electron chi connectivity index (χ1n) is 6.19. The molecule has 0 radical (unpaired) electrons. The van der Waals surface area contributed by atoms with Crippen LogP contribution in [0.5, 0.6) is 0 Å². The van der Waals surface area contributed by atoms with Crippen LogP contribution in [0.3, 0.4) is 0 Å². The molecule has 2 atom stereocenters. The maximum absolute atomic E-state index is 11.5. The smallest absolute Gasteiger partial charge is 0.409 e. The molecule has 6 heteroatoms. The van der Waals surface area contributed by atoms with Gasteiger partial charge in [-0.1, -0.05) is 5.92 Å². The fraction of sp³-hybridized carbons (Fsp3) is 0.769. The number of aliphatic hydroxyl groups excluding tert-OH is 1. The summed E-state index contributed by atoms with van der Waals surface area (Å²) < 4.78 is 10.1. The number of carbonyl (C=O) groups excluding carboxylic acids is 1. The third-order valence-corrected chi connectivity index (χ3v) is 2.79. The third kappa shape index (κ3) is 4.39. The van der Waals surface area contributed by atoms with Gasteiger partial charge in [0.25, 0.3) is 0 Å². The highest BCUT2D eigenvalue weighted by Gasteiger charge is 2.34. The van der Waals surface area contributed by atoms with Gasteiger partial charge in [-0.3, -0.25) is 0 Å². The first-order chi connectivity index (χ1) is 8.78. The minimum atomic E-state index is -1.08. The zero-order valence-electron chi connectivity index (χ0n) is 11.9. The van der Waals surface area contributed by atoms with E-state index in [2.05, 4.69) is 10.7 Å². The monoisotopic (exact) mass is 270 g/mol. The van der Waals surface area contributed by atoms with Crippen molar-refractivity contribution in [1.29, 1.82) is 0 Å². The molecule has 0 aromatic heterocycles. The number of ether oxygens (including phenoxy) is 2. The van der Waals surface area contributed by atoms with E-state index in [0.717, 1.165) is 0 Å². The molecule has 19 heavy (non-hydrogen) atoms. The van der Waals surface area contributed by atoms with E-state index >= 15 is 0 Å². The molecule has 1 amide bonds. The van der Waals surface area contributed by atoms with Gasteiger partial charge in [-0.2, -0.15) is 0 Å². The highest BCUT2D eigenvalue weighted by Crippen LogP contribution is 2.18. The summed E-state index contributed by atoms with van der Waals surface area (Å²) in [5, 5.41) is 10.1. The van der Waals surface area contributed by atoms with E-state index < -0.39 is 24.2 Å². The number of piperazine rings is 1. The number of aliphatic hydroxyl groups is 1. The quantitative estimate of drug-likeness (QED) is 0.583. The molecule has 0 spiro atoms. The lowest BCUT2D eigenvalue weighted by Gasteiger charge is -2.41. The molecule has 108 valence electrons. The Bertz CT molecular complexity index is 359. The Morgan fingerprint density at radius 3 is 2.58 bits per heavy atom. The van der Waals surface area contributed by atoms with Gasteiger partial charge in [0.2, 0.25) is 6.41 Å². The van der Waals surface area contributed by atoms with Crippen LogP contribution in [0.2, 0.25) is 0 Å². The Labute approximate surface area is 114 Å². The number of nitrogens with zero attached hydrogens (tertiary/aromatic N) is 2.